The molecule has 0 aliphatic carbocycles. The van der Waals surface area contributed by atoms with Gasteiger partial charge in [-0.3, -0.25) is 0 Å². The topological polar surface area (TPSA) is 12.9 Å². The number of halogens is 5. The van der Waals surface area contributed by atoms with Gasteiger partial charge in [0.15, 0.2) is 0 Å². The van der Waals surface area contributed by atoms with Crippen molar-refractivity contribution in [1.82, 2.24) is 4.98 Å². The molecule has 0 aliphatic heterocycles. The first-order chi connectivity index (χ1) is 8.41. The van der Waals surface area contributed by atoms with E-state index in [1.165, 1.54) is 18.3 Å². The molecule has 0 spiro atoms. The molecular weight excluding hydrogens is 375 g/mol. The molecule has 0 saturated carbocycles. The Balaban J connectivity index is 2.69. The first kappa shape index (κ1) is 13.5. The maximum Gasteiger partial charge on any atom is 0.417 e. The fraction of sp³-hybridized carbons (Fsp3) is 0.0833. The van der Waals surface area contributed by atoms with E-state index in [1.54, 1.807) is 12.1 Å². The van der Waals surface area contributed by atoms with E-state index in [4.69, 9.17) is 0 Å². The minimum atomic E-state index is -4.38. The smallest absolute Gasteiger partial charge is 0.248 e. The number of benzene rings is 1. The summed E-state index contributed by atoms with van der Waals surface area (Å²) >= 11 is 6.42. The zero-order valence-electron chi connectivity index (χ0n) is 8.80. The van der Waals surface area contributed by atoms with Gasteiger partial charge < -0.3 is 0 Å². The Labute approximate surface area is 118 Å². The third-order valence-electron chi connectivity index (χ3n) is 2.37. The quantitative estimate of drug-likeness (QED) is 0.612. The van der Waals surface area contributed by atoms with Crippen molar-refractivity contribution in [3.05, 3.63) is 51.2 Å². The number of pyridine rings is 1. The molecule has 2 aromatic rings. The lowest BCUT2D eigenvalue weighted by Crippen LogP contribution is -2.07. The van der Waals surface area contributed by atoms with Crippen molar-refractivity contribution < 1.29 is 13.2 Å². The predicted molar refractivity (Wildman–Crippen MR) is 70.1 cm³/mol. The van der Waals surface area contributed by atoms with Gasteiger partial charge in [0.1, 0.15) is 4.60 Å². The Morgan fingerprint density at radius 1 is 0.944 bits per heavy atom. The summed E-state index contributed by atoms with van der Waals surface area (Å²) in [5, 5.41) is 0. The minimum absolute atomic E-state index is 0.125. The lowest BCUT2D eigenvalue weighted by atomic mass is 10.0. The highest BCUT2D eigenvalue weighted by Gasteiger charge is 2.33. The first-order valence-corrected chi connectivity index (χ1v) is 6.46. The van der Waals surface area contributed by atoms with Crippen molar-refractivity contribution in [1.29, 1.82) is 0 Å². The van der Waals surface area contributed by atoms with Crippen LogP contribution in [0.2, 0.25) is 0 Å². The summed E-state index contributed by atoms with van der Waals surface area (Å²) in [6, 6.07) is 6.99. The molecule has 1 nitrogen and oxygen atoms in total. The van der Waals surface area contributed by atoms with Crippen LogP contribution in [-0.2, 0) is 6.18 Å². The second kappa shape index (κ2) is 5.01. The number of alkyl halides is 3. The van der Waals surface area contributed by atoms with E-state index in [0.717, 1.165) is 6.07 Å². The van der Waals surface area contributed by atoms with Gasteiger partial charge in [0.05, 0.1) is 10.0 Å². The molecule has 1 aromatic heterocycles. The summed E-state index contributed by atoms with van der Waals surface area (Å²) < 4.78 is 39.7. The number of rotatable bonds is 1. The number of nitrogens with zero attached hydrogens (tertiary/aromatic N) is 1. The summed E-state index contributed by atoms with van der Waals surface area (Å²) in [4.78, 5) is 3.95. The van der Waals surface area contributed by atoms with E-state index >= 15 is 0 Å². The highest BCUT2D eigenvalue weighted by atomic mass is 79.9. The zero-order chi connectivity index (χ0) is 13.3. The number of hydrogen-bond donors (Lipinski definition) is 0. The Hall–Kier alpha value is -0.880. The average molecular weight is 381 g/mol. The second-order valence-corrected chi connectivity index (χ2v) is 5.05. The van der Waals surface area contributed by atoms with Gasteiger partial charge in [-0.15, -0.1) is 0 Å². The second-order valence-electron chi connectivity index (χ2n) is 3.51. The van der Waals surface area contributed by atoms with Crippen molar-refractivity contribution in [2.75, 3.05) is 0 Å². The third kappa shape index (κ3) is 2.59. The SMILES string of the molecule is FC(F)(F)c1ccccc1-c1ccnc(Br)c1Br. The normalized spacial score (nSPS) is 11.6. The summed E-state index contributed by atoms with van der Waals surface area (Å²) in [7, 11) is 0. The molecule has 0 bridgehead atoms. The van der Waals surface area contributed by atoms with Crippen LogP contribution in [0.5, 0.6) is 0 Å². The fourth-order valence-corrected chi connectivity index (χ4v) is 2.37. The zero-order valence-corrected chi connectivity index (χ0v) is 12.0. The lowest BCUT2D eigenvalue weighted by molar-refractivity contribution is -0.137. The molecule has 0 amide bonds. The Bertz CT molecular complexity index is 582. The predicted octanol–water partition coefficient (Wildman–Crippen LogP) is 5.29. The van der Waals surface area contributed by atoms with Gasteiger partial charge in [-0.25, -0.2) is 4.98 Å². The van der Waals surface area contributed by atoms with E-state index in [1.807, 2.05) is 0 Å². The molecule has 6 heteroatoms. The molecule has 0 saturated heterocycles. The van der Waals surface area contributed by atoms with Gasteiger partial charge in [-0.05, 0) is 49.6 Å². The van der Waals surface area contributed by atoms with E-state index < -0.39 is 11.7 Å². The molecule has 0 unspecified atom stereocenters. The van der Waals surface area contributed by atoms with Crippen LogP contribution < -0.4 is 0 Å². The molecule has 0 N–H and O–H groups in total. The Kier molecular flexibility index (Phi) is 3.77. The van der Waals surface area contributed by atoms with Gasteiger partial charge in [-0.1, -0.05) is 18.2 Å². The van der Waals surface area contributed by atoms with Gasteiger partial charge in [0.2, 0.25) is 0 Å². The number of aromatic nitrogens is 1. The average Bonchev–Trinajstić information content (AvgIpc) is 2.32. The minimum Gasteiger partial charge on any atom is -0.248 e. The maximum atomic E-state index is 12.9. The molecule has 0 radical (unpaired) electrons. The molecule has 0 aliphatic rings. The summed E-state index contributed by atoms with van der Waals surface area (Å²) in [6.45, 7) is 0. The highest BCUT2D eigenvalue weighted by molar-refractivity contribution is 9.13. The molecule has 1 aromatic carbocycles. The van der Waals surface area contributed by atoms with Gasteiger partial charge in [-0.2, -0.15) is 13.2 Å². The molecule has 94 valence electrons. The van der Waals surface area contributed by atoms with Crippen LogP contribution in [0.15, 0.2) is 45.6 Å². The standard InChI is InChI=1S/C12H6Br2F3N/c13-10-8(5-6-18-11(10)14)7-3-1-2-4-9(7)12(15,16)17/h1-6H. The van der Waals surface area contributed by atoms with E-state index in [9.17, 15) is 13.2 Å². The highest BCUT2D eigenvalue weighted by Crippen LogP contribution is 2.40. The van der Waals surface area contributed by atoms with E-state index in [-0.39, 0.29) is 5.56 Å². The van der Waals surface area contributed by atoms with Crippen molar-refractivity contribution in [3.63, 3.8) is 0 Å². The van der Waals surface area contributed by atoms with Crippen LogP contribution in [0.4, 0.5) is 13.2 Å². The van der Waals surface area contributed by atoms with Gasteiger partial charge in [0, 0.05) is 11.8 Å². The fourth-order valence-electron chi connectivity index (χ4n) is 1.59. The molecule has 18 heavy (non-hydrogen) atoms. The lowest BCUT2D eigenvalue weighted by Gasteiger charge is -2.14. The summed E-state index contributed by atoms with van der Waals surface area (Å²) in [5.41, 5.74) is -0.0893. The van der Waals surface area contributed by atoms with Gasteiger partial charge in [0.25, 0.3) is 0 Å². The third-order valence-corrected chi connectivity index (χ3v) is 4.31. The van der Waals surface area contributed by atoms with Crippen LogP contribution in [0.3, 0.4) is 0 Å². The van der Waals surface area contributed by atoms with Crippen LogP contribution in [-0.4, -0.2) is 4.98 Å². The molecule has 1 heterocycles. The maximum absolute atomic E-state index is 12.9. The van der Waals surface area contributed by atoms with Crippen LogP contribution in [0, 0.1) is 0 Å². The van der Waals surface area contributed by atoms with Crippen molar-refractivity contribution in [2.45, 2.75) is 6.18 Å². The summed E-state index contributed by atoms with van der Waals surface area (Å²) in [6.07, 6.45) is -2.93. The van der Waals surface area contributed by atoms with Crippen LogP contribution >= 0.6 is 31.9 Å². The Morgan fingerprint density at radius 3 is 2.28 bits per heavy atom. The van der Waals surface area contributed by atoms with E-state index in [2.05, 4.69) is 36.8 Å². The monoisotopic (exact) mass is 379 g/mol. The summed E-state index contributed by atoms with van der Waals surface area (Å²) in [5.74, 6) is 0. The molecular formula is C12H6Br2F3N. The van der Waals surface area contributed by atoms with Gasteiger partial charge >= 0.3 is 6.18 Å². The largest absolute Gasteiger partial charge is 0.417 e. The molecule has 0 atom stereocenters. The van der Waals surface area contributed by atoms with Crippen molar-refractivity contribution in [3.8, 4) is 11.1 Å². The van der Waals surface area contributed by atoms with Crippen molar-refractivity contribution in [2.24, 2.45) is 0 Å². The molecule has 2 rings (SSSR count). The van der Waals surface area contributed by atoms with E-state index in [0.29, 0.717) is 14.6 Å². The first-order valence-electron chi connectivity index (χ1n) is 4.88. The Morgan fingerprint density at radius 2 is 1.61 bits per heavy atom. The molecule has 0 fully saturated rings. The number of hydrogen-bond acceptors (Lipinski definition) is 1. The van der Waals surface area contributed by atoms with Crippen LogP contribution in [0.1, 0.15) is 5.56 Å². The van der Waals surface area contributed by atoms with Crippen molar-refractivity contribution >= 4 is 31.9 Å². The van der Waals surface area contributed by atoms with Crippen LogP contribution in [0.25, 0.3) is 11.1 Å².